The predicted molar refractivity (Wildman–Crippen MR) is 121 cm³/mol. The Morgan fingerprint density at radius 3 is 2.45 bits per heavy atom. The van der Waals surface area contributed by atoms with Gasteiger partial charge >= 0.3 is 0 Å². The van der Waals surface area contributed by atoms with Gasteiger partial charge in [0.05, 0.1) is 12.7 Å². The molecule has 2 amide bonds. The minimum Gasteiger partial charge on any atom is -0.496 e. The highest BCUT2D eigenvalue weighted by Crippen LogP contribution is 2.26. The Labute approximate surface area is 188 Å². The van der Waals surface area contributed by atoms with Crippen LogP contribution < -0.4 is 14.8 Å². The number of nitrogens with zero attached hydrogens (tertiary/aromatic N) is 1. The average molecular weight is 445 g/mol. The quantitative estimate of drug-likeness (QED) is 0.729. The zero-order valence-corrected chi connectivity index (χ0v) is 19.2. The first-order chi connectivity index (χ1) is 14.8. The summed E-state index contributed by atoms with van der Waals surface area (Å²) in [6.45, 7) is 7.07. The van der Waals surface area contributed by atoms with E-state index < -0.39 is 0 Å². The minimum atomic E-state index is -0.151. The lowest BCUT2D eigenvalue weighted by atomic mass is 10.0. The number of hydrogen-bond acceptors (Lipinski definition) is 4. The molecule has 1 aliphatic heterocycles. The Kier molecular flexibility index (Phi) is 7.44. The summed E-state index contributed by atoms with van der Waals surface area (Å²) in [4.78, 5) is 27.1. The number of piperidine rings is 1. The Morgan fingerprint density at radius 1 is 1.10 bits per heavy atom. The van der Waals surface area contributed by atoms with Crippen LogP contribution in [-0.4, -0.2) is 49.6 Å². The fourth-order valence-electron chi connectivity index (χ4n) is 3.80. The number of benzene rings is 2. The molecule has 0 atom stereocenters. The van der Waals surface area contributed by atoms with Gasteiger partial charge in [0.2, 0.25) is 0 Å². The van der Waals surface area contributed by atoms with E-state index in [1.165, 1.54) is 7.11 Å². The van der Waals surface area contributed by atoms with Gasteiger partial charge in [-0.15, -0.1) is 0 Å². The topological polar surface area (TPSA) is 67.9 Å². The Morgan fingerprint density at radius 2 is 1.77 bits per heavy atom. The van der Waals surface area contributed by atoms with E-state index in [0.29, 0.717) is 42.3 Å². The third-order valence-corrected chi connectivity index (χ3v) is 6.00. The maximum atomic E-state index is 12.9. The second kappa shape index (κ2) is 10.1. The molecule has 0 radical (unpaired) electrons. The Balaban J connectivity index is 1.51. The van der Waals surface area contributed by atoms with Gasteiger partial charge in [-0.1, -0.05) is 23.7 Å². The van der Waals surface area contributed by atoms with E-state index in [1.807, 2.05) is 32.9 Å². The molecule has 0 aromatic heterocycles. The van der Waals surface area contributed by atoms with Crippen molar-refractivity contribution in [3.05, 3.63) is 57.6 Å². The molecule has 3 rings (SSSR count). The summed E-state index contributed by atoms with van der Waals surface area (Å²) < 4.78 is 11.1. The number of carbonyl (C=O) groups is 2. The van der Waals surface area contributed by atoms with E-state index in [2.05, 4.69) is 5.32 Å². The highest BCUT2D eigenvalue weighted by Gasteiger charge is 2.26. The van der Waals surface area contributed by atoms with Gasteiger partial charge in [0.25, 0.3) is 11.8 Å². The van der Waals surface area contributed by atoms with Crippen molar-refractivity contribution in [2.75, 3.05) is 26.8 Å². The normalized spacial score (nSPS) is 14.3. The van der Waals surface area contributed by atoms with Crippen molar-refractivity contribution >= 4 is 23.4 Å². The monoisotopic (exact) mass is 444 g/mol. The fourth-order valence-corrected chi connectivity index (χ4v) is 3.97. The van der Waals surface area contributed by atoms with Crippen LogP contribution in [0.4, 0.5) is 0 Å². The van der Waals surface area contributed by atoms with Gasteiger partial charge in [-0.05, 0) is 68.5 Å². The van der Waals surface area contributed by atoms with Crippen LogP contribution in [0, 0.1) is 20.8 Å². The molecule has 31 heavy (non-hydrogen) atoms. The second-order valence-electron chi connectivity index (χ2n) is 7.92. The van der Waals surface area contributed by atoms with Crippen LogP contribution in [0.1, 0.15) is 39.9 Å². The number of methoxy groups -OCH3 is 1. The van der Waals surface area contributed by atoms with Crippen molar-refractivity contribution in [3.8, 4) is 11.5 Å². The molecule has 1 heterocycles. The van der Waals surface area contributed by atoms with Crippen LogP contribution in [0.15, 0.2) is 30.3 Å². The van der Waals surface area contributed by atoms with Crippen LogP contribution in [0.2, 0.25) is 5.02 Å². The lowest BCUT2D eigenvalue weighted by Crippen LogP contribution is -2.47. The third kappa shape index (κ3) is 5.50. The molecule has 1 saturated heterocycles. The van der Waals surface area contributed by atoms with Crippen molar-refractivity contribution < 1.29 is 19.1 Å². The molecule has 0 bridgehead atoms. The lowest BCUT2D eigenvalue weighted by molar-refractivity contribution is -0.124. The molecular weight excluding hydrogens is 416 g/mol. The molecule has 0 saturated carbocycles. The molecular formula is C24H29ClN2O4. The van der Waals surface area contributed by atoms with Gasteiger partial charge in [0.1, 0.15) is 11.5 Å². The number of rotatable bonds is 6. The third-order valence-electron chi connectivity index (χ3n) is 5.76. The number of hydrogen-bond donors (Lipinski definition) is 1. The number of amides is 2. The largest absolute Gasteiger partial charge is 0.496 e. The summed E-state index contributed by atoms with van der Waals surface area (Å²) in [5.41, 5.74) is 3.65. The molecule has 1 aliphatic rings. The molecule has 7 heteroatoms. The first-order valence-electron chi connectivity index (χ1n) is 10.4. The molecule has 1 fully saturated rings. The van der Waals surface area contributed by atoms with Gasteiger partial charge in [-0.3, -0.25) is 9.59 Å². The summed E-state index contributed by atoms with van der Waals surface area (Å²) in [7, 11) is 1.53. The second-order valence-corrected chi connectivity index (χ2v) is 8.36. The van der Waals surface area contributed by atoms with Crippen LogP contribution in [-0.2, 0) is 4.79 Å². The number of aryl methyl sites for hydroxylation is 2. The molecule has 0 unspecified atom stereocenters. The molecule has 2 aromatic carbocycles. The molecule has 0 spiro atoms. The maximum Gasteiger partial charge on any atom is 0.258 e. The fraction of sp³-hybridized carbons (Fsp3) is 0.417. The Hall–Kier alpha value is -2.73. The standard InChI is InChI=1S/C24H29ClN2O4/c1-15-5-6-16(2)23(17(15)3)31-14-22(28)26-19-9-11-27(12-10-19)24(29)20-13-18(25)7-8-21(20)30-4/h5-8,13,19H,9-12,14H2,1-4H3,(H,26,28). The van der Waals surface area contributed by atoms with Crippen LogP contribution >= 0.6 is 11.6 Å². The van der Waals surface area contributed by atoms with E-state index in [4.69, 9.17) is 21.1 Å². The van der Waals surface area contributed by atoms with Gasteiger partial charge < -0.3 is 19.7 Å². The summed E-state index contributed by atoms with van der Waals surface area (Å²) in [6.07, 6.45) is 1.37. The van der Waals surface area contributed by atoms with Crippen molar-refractivity contribution in [1.29, 1.82) is 0 Å². The van der Waals surface area contributed by atoms with Gasteiger partial charge in [0.15, 0.2) is 6.61 Å². The highest BCUT2D eigenvalue weighted by atomic mass is 35.5. The Bertz CT molecular complexity index is 968. The summed E-state index contributed by atoms with van der Waals surface area (Å²) >= 11 is 6.05. The summed E-state index contributed by atoms with van der Waals surface area (Å²) in [5.74, 6) is 1.01. The van der Waals surface area contributed by atoms with Gasteiger partial charge in [-0.25, -0.2) is 0 Å². The lowest BCUT2D eigenvalue weighted by Gasteiger charge is -2.32. The van der Waals surface area contributed by atoms with Crippen LogP contribution in [0.5, 0.6) is 11.5 Å². The van der Waals surface area contributed by atoms with E-state index in [1.54, 1.807) is 23.1 Å². The zero-order chi connectivity index (χ0) is 22.5. The molecule has 166 valence electrons. The van der Waals surface area contributed by atoms with Crippen molar-refractivity contribution in [3.63, 3.8) is 0 Å². The molecule has 1 N–H and O–H groups in total. The summed E-state index contributed by atoms with van der Waals surface area (Å²) in [6, 6.07) is 9.08. The predicted octanol–water partition coefficient (Wildman–Crippen LogP) is 4.07. The highest BCUT2D eigenvalue weighted by molar-refractivity contribution is 6.31. The number of carbonyl (C=O) groups excluding carboxylic acids is 2. The minimum absolute atomic E-state index is 0.0149. The van der Waals surface area contributed by atoms with Gasteiger partial charge in [0, 0.05) is 24.2 Å². The number of halogens is 1. The molecule has 2 aromatic rings. The smallest absolute Gasteiger partial charge is 0.258 e. The first-order valence-corrected chi connectivity index (χ1v) is 10.8. The number of nitrogens with one attached hydrogen (secondary N) is 1. The van der Waals surface area contributed by atoms with E-state index in [9.17, 15) is 9.59 Å². The number of ether oxygens (including phenoxy) is 2. The SMILES string of the molecule is COc1ccc(Cl)cc1C(=O)N1CCC(NC(=O)COc2c(C)ccc(C)c2C)CC1. The maximum absolute atomic E-state index is 12.9. The van der Waals surface area contributed by atoms with Crippen molar-refractivity contribution in [2.24, 2.45) is 0 Å². The van der Waals surface area contributed by atoms with Crippen molar-refractivity contribution in [2.45, 2.75) is 39.7 Å². The zero-order valence-electron chi connectivity index (χ0n) is 18.5. The van der Waals surface area contributed by atoms with Crippen LogP contribution in [0.25, 0.3) is 0 Å². The summed E-state index contributed by atoms with van der Waals surface area (Å²) in [5, 5.41) is 3.52. The van der Waals surface area contributed by atoms with Gasteiger partial charge in [-0.2, -0.15) is 0 Å². The van der Waals surface area contributed by atoms with Crippen LogP contribution in [0.3, 0.4) is 0 Å². The first kappa shape index (κ1) is 22.9. The average Bonchev–Trinajstić information content (AvgIpc) is 2.76. The van der Waals surface area contributed by atoms with E-state index in [0.717, 1.165) is 22.4 Å². The van der Waals surface area contributed by atoms with E-state index >= 15 is 0 Å². The molecule has 0 aliphatic carbocycles. The van der Waals surface area contributed by atoms with Crippen molar-refractivity contribution in [1.82, 2.24) is 10.2 Å². The molecule has 6 nitrogen and oxygen atoms in total. The number of likely N-dealkylation sites (tertiary alicyclic amines) is 1. The van der Waals surface area contributed by atoms with E-state index in [-0.39, 0.29) is 24.5 Å².